The van der Waals surface area contributed by atoms with Gasteiger partial charge in [-0.15, -0.1) is 0 Å². The molecule has 0 bridgehead atoms. The van der Waals surface area contributed by atoms with E-state index in [1.165, 1.54) is 32.4 Å². The number of carbonyl (C=O) groups excluding carboxylic acids is 1. The molecular formula is C12H21NO4. The van der Waals surface area contributed by atoms with Crippen molar-refractivity contribution in [3.05, 3.63) is 12.2 Å². The van der Waals surface area contributed by atoms with Gasteiger partial charge in [0.15, 0.2) is 6.29 Å². The number of likely N-dealkylation sites (tertiary alicyclic amines) is 1. The molecule has 0 radical (unpaired) electrons. The maximum absolute atomic E-state index is 10.8. The van der Waals surface area contributed by atoms with Crippen LogP contribution in [0.4, 0.5) is 0 Å². The second-order valence-electron chi connectivity index (χ2n) is 4.05. The van der Waals surface area contributed by atoms with E-state index in [1.807, 2.05) is 0 Å². The summed E-state index contributed by atoms with van der Waals surface area (Å²) in [5, 5.41) is 9.39. The highest BCUT2D eigenvalue weighted by Crippen LogP contribution is 2.07. The van der Waals surface area contributed by atoms with Gasteiger partial charge in [-0.1, -0.05) is 6.42 Å². The lowest BCUT2D eigenvalue weighted by atomic mass is 10.1. The van der Waals surface area contributed by atoms with Gasteiger partial charge < -0.3 is 19.5 Å². The molecule has 1 unspecified atom stereocenters. The van der Waals surface area contributed by atoms with Crippen LogP contribution in [0.25, 0.3) is 0 Å². The van der Waals surface area contributed by atoms with Gasteiger partial charge in [0.25, 0.3) is 0 Å². The van der Waals surface area contributed by atoms with Gasteiger partial charge in [0.2, 0.25) is 0 Å². The predicted octanol–water partition coefficient (Wildman–Crippen LogP) is 0.536. The molecule has 0 aromatic rings. The third-order valence-electron chi connectivity index (χ3n) is 2.74. The van der Waals surface area contributed by atoms with Crippen LogP contribution in [0.3, 0.4) is 0 Å². The monoisotopic (exact) mass is 243 g/mol. The van der Waals surface area contributed by atoms with E-state index in [2.05, 4.69) is 9.64 Å². The molecule has 0 amide bonds. The summed E-state index contributed by atoms with van der Waals surface area (Å²) < 4.78 is 9.56. The number of hydrogen-bond donors (Lipinski definition) is 1. The van der Waals surface area contributed by atoms with Crippen molar-refractivity contribution in [1.82, 2.24) is 4.90 Å². The van der Waals surface area contributed by atoms with E-state index >= 15 is 0 Å². The summed E-state index contributed by atoms with van der Waals surface area (Å²) in [6.45, 7) is 3.50. The first-order valence-electron chi connectivity index (χ1n) is 6.00. The van der Waals surface area contributed by atoms with Crippen LogP contribution < -0.4 is 0 Å². The van der Waals surface area contributed by atoms with Crippen molar-refractivity contribution in [1.29, 1.82) is 0 Å². The summed E-state index contributed by atoms with van der Waals surface area (Å²) in [6.07, 6.45) is 5.18. The average molecular weight is 243 g/mol. The molecular weight excluding hydrogens is 222 g/mol. The standard InChI is InChI=1S/C12H21NO4/c1-16-11(14)5-6-12(15)17-10-9-13-7-3-2-4-8-13/h5-6,12,15H,2-4,7-10H2,1H3/b6-5+. The van der Waals surface area contributed by atoms with Gasteiger partial charge >= 0.3 is 5.97 Å². The topological polar surface area (TPSA) is 59.0 Å². The quantitative estimate of drug-likeness (QED) is 0.419. The number of aliphatic hydroxyl groups is 1. The van der Waals surface area contributed by atoms with E-state index in [4.69, 9.17) is 4.74 Å². The Labute approximate surface area is 102 Å². The van der Waals surface area contributed by atoms with E-state index in [-0.39, 0.29) is 0 Å². The lowest BCUT2D eigenvalue weighted by Crippen LogP contribution is -2.33. The lowest BCUT2D eigenvalue weighted by molar-refractivity contribution is -0.135. The summed E-state index contributed by atoms with van der Waals surface area (Å²) in [4.78, 5) is 13.1. The van der Waals surface area contributed by atoms with E-state index in [1.54, 1.807) is 0 Å². The van der Waals surface area contributed by atoms with E-state index in [0.29, 0.717) is 6.61 Å². The van der Waals surface area contributed by atoms with Crippen LogP contribution in [0, 0.1) is 0 Å². The molecule has 1 fully saturated rings. The highest BCUT2D eigenvalue weighted by Gasteiger charge is 2.10. The molecule has 1 N–H and O–H groups in total. The fourth-order valence-electron chi connectivity index (χ4n) is 1.77. The second kappa shape index (κ2) is 8.22. The molecule has 1 aliphatic rings. The molecule has 0 spiro atoms. The lowest BCUT2D eigenvalue weighted by Gasteiger charge is -2.26. The number of piperidine rings is 1. The van der Waals surface area contributed by atoms with Gasteiger partial charge in [0.1, 0.15) is 0 Å². The molecule has 5 heteroatoms. The highest BCUT2D eigenvalue weighted by atomic mass is 16.6. The number of hydrogen-bond acceptors (Lipinski definition) is 5. The maximum atomic E-state index is 10.8. The smallest absolute Gasteiger partial charge is 0.330 e. The maximum Gasteiger partial charge on any atom is 0.330 e. The Morgan fingerprint density at radius 3 is 2.76 bits per heavy atom. The molecule has 1 rings (SSSR count). The number of carbonyl (C=O) groups is 1. The minimum absolute atomic E-state index is 0.465. The summed E-state index contributed by atoms with van der Waals surface area (Å²) in [5.41, 5.74) is 0. The highest BCUT2D eigenvalue weighted by molar-refractivity contribution is 5.81. The molecule has 0 aliphatic carbocycles. The molecule has 98 valence electrons. The summed E-state index contributed by atoms with van der Waals surface area (Å²) >= 11 is 0. The normalized spacial score (nSPS) is 19.4. The molecule has 1 atom stereocenters. The third kappa shape index (κ3) is 6.41. The molecule has 0 aromatic carbocycles. The first-order chi connectivity index (χ1) is 8.22. The molecule has 0 aromatic heterocycles. The molecule has 1 saturated heterocycles. The van der Waals surface area contributed by atoms with Gasteiger partial charge in [-0.25, -0.2) is 4.79 Å². The number of ether oxygens (including phenoxy) is 2. The van der Waals surface area contributed by atoms with Gasteiger partial charge in [0, 0.05) is 12.6 Å². The van der Waals surface area contributed by atoms with Crippen molar-refractivity contribution >= 4 is 5.97 Å². The van der Waals surface area contributed by atoms with Crippen LogP contribution in [0.15, 0.2) is 12.2 Å². The van der Waals surface area contributed by atoms with Crippen molar-refractivity contribution in [3.63, 3.8) is 0 Å². The Hall–Kier alpha value is -0.910. The van der Waals surface area contributed by atoms with E-state index in [9.17, 15) is 9.90 Å². The Morgan fingerprint density at radius 2 is 2.12 bits per heavy atom. The Kier molecular flexibility index (Phi) is 6.84. The van der Waals surface area contributed by atoms with Crippen molar-refractivity contribution < 1.29 is 19.4 Å². The summed E-state index contributed by atoms with van der Waals surface area (Å²) in [7, 11) is 1.29. The van der Waals surface area contributed by atoms with Gasteiger partial charge in [-0.3, -0.25) is 0 Å². The number of methoxy groups -OCH3 is 1. The van der Waals surface area contributed by atoms with Crippen molar-refractivity contribution in [3.8, 4) is 0 Å². The number of esters is 1. The first-order valence-corrected chi connectivity index (χ1v) is 6.00. The summed E-state index contributed by atoms with van der Waals surface area (Å²) in [5.74, 6) is -0.497. The molecule has 1 aliphatic heterocycles. The summed E-state index contributed by atoms with van der Waals surface area (Å²) in [6, 6.07) is 0. The van der Waals surface area contributed by atoms with Gasteiger partial charge in [-0.2, -0.15) is 0 Å². The van der Waals surface area contributed by atoms with Crippen LogP contribution in [-0.2, 0) is 14.3 Å². The minimum Gasteiger partial charge on any atom is -0.466 e. The van der Waals surface area contributed by atoms with Crippen LogP contribution in [0.2, 0.25) is 0 Å². The Morgan fingerprint density at radius 1 is 1.41 bits per heavy atom. The van der Waals surface area contributed by atoms with Crippen LogP contribution >= 0.6 is 0 Å². The molecule has 0 saturated carbocycles. The second-order valence-corrected chi connectivity index (χ2v) is 4.05. The fourth-order valence-corrected chi connectivity index (χ4v) is 1.77. The third-order valence-corrected chi connectivity index (χ3v) is 2.74. The fraction of sp³-hybridized carbons (Fsp3) is 0.750. The van der Waals surface area contributed by atoms with E-state index in [0.717, 1.165) is 25.7 Å². The Balaban J connectivity index is 2.08. The average Bonchev–Trinajstić information content (AvgIpc) is 2.37. The minimum atomic E-state index is -1.04. The number of aliphatic hydroxyl groups excluding tert-OH is 1. The van der Waals surface area contributed by atoms with Crippen molar-refractivity contribution in [2.75, 3.05) is 33.4 Å². The van der Waals surface area contributed by atoms with Gasteiger partial charge in [-0.05, 0) is 32.0 Å². The van der Waals surface area contributed by atoms with Gasteiger partial charge in [0.05, 0.1) is 13.7 Å². The van der Waals surface area contributed by atoms with Crippen LogP contribution in [0.1, 0.15) is 19.3 Å². The predicted molar refractivity (Wildman–Crippen MR) is 63.4 cm³/mol. The van der Waals surface area contributed by atoms with Crippen molar-refractivity contribution in [2.24, 2.45) is 0 Å². The zero-order chi connectivity index (χ0) is 12.5. The zero-order valence-corrected chi connectivity index (χ0v) is 10.3. The van der Waals surface area contributed by atoms with Crippen LogP contribution in [0.5, 0.6) is 0 Å². The SMILES string of the molecule is COC(=O)/C=C/C(O)OCCN1CCCCC1. The number of nitrogens with zero attached hydrogens (tertiary/aromatic N) is 1. The largest absolute Gasteiger partial charge is 0.466 e. The van der Waals surface area contributed by atoms with Crippen molar-refractivity contribution in [2.45, 2.75) is 25.6 Å². The molecule has 17 heavy (non-hydrogen) atoms. The van der Waals surface area contributed by atoms with Crippen LogP contribution in [-0.4, -0.2) is 55.6 Å². The Bertz CT molecular complexity index is 249. The first kappa shape index (κ1) is 14.2. The zero-order valence-electron chi connectivity index (χ0n) is 10.3. The van der Waals surface area contributed by atoms with E-state index < -0.39 is 12.3 Å². The molecule has 1 heterocycles. The number of rotatable bonds is 6. The molecule has 5 nitrogen and oxygen atoms in total.